The molecule has 0 saturated heterocycles. The molecule has 4 heteroatoms. The van der Waals surface area contributed by atoms with E-state index in [1.54, 1.807) is 0 Å². The molecule has 15 heavy (non-hydrogen) atoms. The average molecular weight is 214 g/mol. The fourth-order valence-electron chi connectivity index (χ4n) is 1.57. The summed E-state index contributed by atoms with van der Waals surface area (Å²) in [5.74, 6) is 2.60. The molecule has 0 saturated carbocycles. The Labute approximate surface area is 94.1 Å². The van der Waals surface area contributed by atoms with E-state index in [1.807, 2.05) is 0 Å². The van der Waals surface area contributed by atoms with Crippen LogP contribution in [0.4, 0.5) is 0 Å². The van der Waals surface area contributed by atoms with Gasteiger partial charge in [0, 0.05) is 0 Å². The molecule has 0 heterocycles. The van der Waals surface area contributed by atoms with Gasteiger partial charge in [0.05, 0.1) is 56.4 Å². The van der Waals surface area contributed by atoms with Gasteiger partial charge in [-0.3, -0.25) is 19.0 Å². The minimum atomic E-state index is 0.944. The molecule has 0 unspecified atom stereocenters. The van der Waals surface area contributed by atoms with Crippen LogP contribution in [-0.4, -0.2) is 87.0 Å². The zero-order valence-corrected chi connectivity index (χ0v) is 11.5. The van der Waals surface area contributed by atoms with E-state index in [4.69, 9.17) is 0 Å². The van der Waals surface area contributed by atoms with Crippen LogP contribution in [0.5, 0.6) is 0 Å². The molecule has 0 aromatic carbocycles. The number of hydrogen-bond acceptors (Lipinski definition) is 0. The minimum absolute atomic E-state index is 0.944. The van der Waals surface area contributed by atoms with E-state index in [9.17, 15) is 0 Å². The lowest BCUT2D eigenvalue weighted by molar-refractivity contribution is -0.477. The Balaban J connectivity index is 4.99. The first-order chi connectivity index (χ1) is 6.77. The molecule has 0 radical (unpaired) electrons. The molecule has 0 atom stereocenters. The van der Waals surface area contributed by atoms with Crippen molar-refractivity contribution in [2.75, 3.05) is 56.4 Å². The third kappa shape index (κ3) is 4.32. The summed E-state index contributed by atoms with van der Waals surface area (Å²) in [6.45, 7) is 0. The molecule has 0 aliphatic rings. The van der Waals surface area contributed by atoms with Crippen LogP contribution in [0.25, 0.3) is 0 Å². The van der Waals surface area contributed by atoms with Gasteiger partial charge in [0.2, 0.25) is 0 Å². The van der Waals surface area contributed by atoms with Crippen molar-refractivity contribution >= 4 is 11.7 Å². The van der Waals surface area contributed by atoms with Crippen LogP contribution in [0.1, 0.15) is 6.42 Å². The summed E-state index contributed by atoms with van der Waals surface area (Å²) < 4.78 is 4.32. The maximum Gasteiger partial charge on any atom is 0.258 e. The fourth-order valence-corrected chi connectivity index (χ4v) is 1.57. The van der Waals surface area contributed by atoms with Gasteiger partial charge in [-0.05, 0) is 0 Å². The largest absolute Gasteiger partial charge is 0.271 e. The van der Waals surface area contributed by atoms with Crippen LogP contribution < -0.4 is 0 Å². The number of nitrogens with zero attached hydrogens (tertiary/aromatic N) is 4. The second-order valence-corrected chi connectivity index (χ2v) is 4.59. The van der Waals surface area contributed by atoms with Gasteiger partial charge >= 0.3 is 0 Å². The van der Waals surface area contributed by atoms with Gasteiger partial charge in [-0.25, -0.2) is 0 Å². The molecule has 4 nitrogen and oxygen atoms in total. The summed E-state index contributed by atoms with van der Waals surface area (Å²) in [5, 5.41) is 0. The minimum Gasteiger partial charge on any atom is -0.271 e. The molecule has 0 aromatic rings. The van der Waals surface area contributed by atoms with Gasteiger partial charge < -0.3 is 0 Å². The molecule has 88 valence electrons. The van der Waals surface area contributed by atoms with E-state index < -0.39 is 0 Å². The van der Waals surface area contributed by atoms with Gasteiger partial charge in [-0.15, -0.1) is 0 Å². The summed E-state index contributed by atoms with van der Waals surface area (Å²) in [6, 6.07) is 0. The second kappa shape index (κ2) is 5.73. The van der Waals surface area contributed by atoms with Gasteiger partial charge in [0.25, 0.3) is 11.7 Å². The van der Waals surface area contributed by atoms with Gasteiger partial charge in [0.1, 0.15) is 6.42 Å². The highest BCUT2D eigenvalue weighted by Crippen LogP contribution is 1.96. The van der Waals surface area contributed by atoms with Crippen molar-refractivity contribution < 1.29 is 9.15 Å². The summed E-state index contributed by atoms with van der Waals surface area (Å²) in [5.41, 5.74) is 0. The molecule has 0 rings (SSSR count). The van der Waals surface area contributed by atoms with Crippen molar-refractivity contribution in [1.29, 1.82) is 0 Å². The third-order valence-corrected chi connectivity index (χ3v) is 2.38. The Bertz CT molecular complexity index is 238. The summed E-state index contributed by atoms with van der Waals surface area (Å²) >= 11 is 0. The molecule has 0 amide bonds. The van der Waals surface area contributed by atoms with E-state index in [1.165, 1.54) is 11.7 Å². The predicted molar refractivity (Wildman–Crippen MR) is 66.2 cm³/mol. The Morgan fingerprint density at radius 3 is 1.13 bits per heavy atom. The Hall–Kier alpha value is -1.06. The molecular weight excluding hydrogens is 188 g/mol. The summed E-state index contributed by atoms with van der Waals surface area (Å²) in [6.07, 6.45) is 0.944. The smallest absolute Gasteiger partial charge is 0.258 e. The molecule has 0 aromatic heterocycles. The van der Waals surface area contributed by atoms with E-state index >= 15 is 0 Å². The van der Waals surface area contributed by atoms with Crippen molar-refractivity contribution in [1.82, 2.24) is 9.80 Å². The van der Waals surface area contributed by atoms with Gasteiger partial charge in [-0.2, -0.15) is 0 Å². The maximum absolute atomic E-state index is 2.16. The van der Waals surface area contributed by atoms with E-state index in [0.717, 1.165) is 6.42 Å². The van der Waals surface area contributed by atoms with Crippen LogP contribution in [0, 0.1) is 0 Å². The standard InChI is InChI=1S/C11H26N4/c1-12(2)10(13(3)4)9-11(14(5)6)15(7)8/h9H2,1-8H3/q+2. The highest BCUT2D eigenvalue weighted by molar-refractivity contribution is 5.97. The highest BCUT2D eigenvalue weighted by Gasteiger charge is 2.21. The first-order valence-electron chi connectivity index (χ1n) is 5.18. The van der Waals surface area contributed by atoms with Crippen LogP contribution in [0.15, 0.2) is 0 Å². The van der Waals surface area contributed by atoms with E-state index in [2.05, 4.69) is 75.3 Å². The zero-order chi connectivity index (χ0) is 12.2. The van der Waals surface area contributed by atoms with Crippen molar-refractivity contribution in [3.8, 4) is 0 Å². The van der Waals surface area contributed by atoms with Gasteiger partial charge in [-0.1, -0.05) is 0 Å². The monoisotopic (exact) mass is 214 g/mol. The van der Waals surface area contributed by atoms with Crippen molar-refractivity contribution in [2.24, 2.45) is 0 Å². The van der Waals surface area contributed by atoms with Gasteiger partial charge in [0.15, 0.2) is 0 Å². The second-order valence-electron chi connectivity index (χ2n) is 4.59. The van der Waals surface area contributed by atoms with Crippen molar-refractivity contribution in [3.05, 3.63) is 0 Å². The first kappa shape index (κ1) is 13.9. The lowest BCUT2D eigenvalue weighted by Gasteiger charge is -2.15. The summed E-state index contributed by atoms with van der Waals surface area (Å²) in [4.78, 5) is 4.32. The maximum atomic E-state index is 2.16. The summed E-state index contributed by atoms with van der Waals surface area (Å²) in [7, 11) is 16.7. The number of rotatable bonds is 2. The Morgan fingerprint density at radius 2 is 1.00 bits per heavy atom. The van der Waals surface area contributed by atoms with Crippen molar-refractivity contribution in [3.63, 3.8) is 0 Å². The first-order valence-corrected chi connectivity index (χ1v) is 5.18. The van der Waals surface area contributed by atoms with Crippen LogP contribution in [0.3, 0.4) is 0 Å². The number of amidine groups is 2. The van der Waals surface area contributed by atoms with Crippen LogP contribution in [-0.2, 0) is 0 Å². The fraction of sp³-hybridized carbons (Fsp3) is 0.818. The molecule has 0 bridgehead atoms. The molecule has 0 spiro atoms. The molecular formula is C11H26N4+2. The van der Waals surface area contributed by atoms with Crippen LogP contribution in [0.2, 0.25) is 0 Å². The Kier molecular flexibility index (Phi) is 5.33. The average Bonchev–Trinajstić information content (AvgIpc) is 2.01. The Morgan fingerprint density at radius 1 is 0.733 bits per heavy atom. The lowest BCUT2D eigenvalue weighted by Crippen LogP contribution is -2.38. The number of hydrogen-bond donors (Lipinski definition) is 0. The molecule has 0 N–H and O–H groups in total. The van der Waals surface area contributed by atoms with E-state index in [0.29, 0.717) is 0 Å². The quantitative estimate of drug-likeness (QED) is 0.360. The predicted octanol–water partition coefficient (Wildman–Crippen LogP) is -0.159. The normalized spacial score (nSPS) is 9.60. The van der Waals surface area contributed by atoms with Crippen molar-refractivity contribution in [2.45, 2.75) is 6.42 Å². The molecule has 0 fully saturated rings. The molecule has 0 aliphatic heterocycles. The topological polar surface area (TPSA) is 12.5 Å². The lowest BCUT2D eigenvalue weighted by atomic mass is 10.3. The SMILES string of the molecule is CN(C)C(CC(N(C)C)=[N+](C)C)=[N+](C)C. The highest BCUT2D eigenvalue weighted by atomic mass is 15.2. The molecule has 0 aliphatic carbocycles. The zero-order valence-electron chi connectivity index (χ0n) is 11.5. The van der Waals surface area contributed by atoms with Crippen LogP contribution >= 0.6 is 0 Å². The van der Waals surface area contributed by atoms with E-state index in [-0.39, 0.29) is 0 Å². The third-order valence-electron chi connectivity index (χ3n) is 2.38.